The van der Waals surface area contributed by atoms with Gasteiger partial charge in [0.05, 0.1) is 31.4 Å². The van der Waals surface area contributed by atoms with Crippen molar-refractivity contribution in [1.82, 2.24) is 15.7 Å². The Balaban J connectivity index is 0.950. The Kier molecular flexibility index (Phi) is 12.1. The van der Waals surface area contributed by atoms with Crippen LogP contribution in [0.1, 0.15) is 88.0 Å². The molecule has 3 aromatic rings. The van der Waals surface area contributed by atoms with Gasteiger partial charge in [-0.15, -0.1) is 0 Å². The second-order valence-electron chi connectivity index (χ2n) is 18.7. The van der Waals surface area contributed by atoms with E-state index in [-0.39, 0.29) is 45.4 Å². The number of carbonyl (C=O) groups is 4. The van der Waals surface area contributed by atoms with Gasteiger partial charge in [0, 0.05) is 36.9 Å². The van der Waals surface area contributed by atoms with Crippen LogP contribution in [0.25, 0.3) is 6.08 Å². The summed E-state index contributed by atoms with van der Waals surface area (Å²) in [5.41, 5.74) is 1.26. The summed E-state index contributed by atoms with van der Waals surface area (Å²) in [6.45, 7) is 5.04. The van der Waals surface area contributed by atoms with Crippen molar-refractivity contribution >= 4 is 29.8 Å². The van der Waals surface area contributed by atoms with E-state index in [9.17, 15) is 24.3 Å². The zero-order chi connectivity index (χ0) is 43.9. The number of benzene rings is 3. The lowest BCUT2D eigenvalue weighted by atomic mass is 9.62. The number of ether oxygens (including phenoxy) is 5. The molecule has 14 heteroatoms. The molecule has 3 N–H and O–H groups in total. The minimum absolute atomic E-state index is 0.0147. The molecule has 10 atom stereocenters. The third-order valence-electron chi connectivity index (χ3n) is 13.1. The highest BCUT2D eigenvalue weighted by atomic mass is 16.8. The van der Waals surface area contributed by atoms with Gasteiger partial charge in [0.2, 0.25) is 17.6 Å². The maximum Gasteiger partial charge on any atom is 0.327 e. The maximum atomic E-state index is 14.9. The average molecular weight is 864 g/mol. The maximum absolute atomic E-state index is 14.9. The van der Waals surface area contributed by atoms with Gasteiger partial charge in [-0.05, 0) is 63.5 Å². The summed E-state index contributed by atoms with van der Waals surface area (Å²) >= 11 is 0. The van der Waals surface area contributed by atoms with Gasteiger partial charge in [-0.25, -0.2) is 0 Å². The van der Waals surface area contributed by atoms with Crippen molar-refractivity contribution in [2.75, 3.05) is 13.2 Å². The second kappa shape index (κ2) is 17.5. The number of hydrogen-bond donors (Lipinski definition) is 3. The van der Waals surface area contributed by atoms with Crippen molar-refractivity contribution in [3.05, 3.63) is 113 Å². The summed E-state index contributed by atoms with van der Waals surface area (Å²) in [5, 5.41) is 17.2. The first-order valence-electron chi connectivity index (χ1n) is 22.3. The molecule has 9 rings (SSSR count). The minimum atomic E-state index is -1.47. The number of hydrogen-bond acceptors (Lipinski definition) is 12. The highest BCUT2D eigenvalue weighted by molar-refractivity contribution is 5.94. The SMILES string of the molecule is CC(C)(C)OC(=O)CC[C@@H](CO)NC(=O)CCNC(=O)[C@@]12C[C@H]3OC(=O)[C@@H]1N(Cc1ccc(C=CC4CCC5OC5C4)cc1)O[C@@H]2[C@H]1OC(c2ccccc2)(c2ccccc2)O[C@H]13. The summed E-state index contributed by atoms with van der Waals surface area (Å²) in [5.74, 6) is -2.83. The third kappa shape index (κ3) is 8.81. The smallest absolute Gasteiger partial charge is 0.327 e. The number of rotatable bonds is 15. The number of esters is 2. The molecule has 4 saturated heterocycles. The average Bonchev–Trinajstić information content (AvgIpc) is 3.79. The first-order valence-corrected chi connectivity index (χ1v) is 22.3. The number of epoxide rings is 1. The summed E-state index contributed by atoms with van der Waals surface area (Å²) in [6, 6.07) is 25.4. The topological polar surface area (TPSA) is 174 Å². The summed E-state index contributed by atoms with van der Waals surface area (Å²) in [4.78, 5) is 61.4. The predicted octanol–water partition coefficient (Wildman–Crippen LogP) is 4.86. The molecule has 6 fully saturated rings. The molecular formula is C49H57N3O11. The van der Waals surface area contributed by atoms with Crippen LogP contribution < -0.4 is 10.6 Å². The van der Waals surface area contributed by atoms with E-state index in [1.165, 1.54) is 0 Å². The van der Waals surface area contributed by atoms with Crippen LogP contribution in [0.15, 0.2) is 91.0 Å². The summed E-state index contributed by atoms with van der Waals surface area (Å²) < 4.78 is 31.3. The van der Waals surface area contributed by atoms with Gasteiger partial charge in [0.1, 0.15) is 35.4 Å². The summed E-state index contributed by atoms with van der Waals surface area (Å²) in [6.07, 6.45) is 5.30. The van der Waals surface area contributed by atoms with Crippen LogP contribution in [0.3, 0.4) is 0 Å². The van der Waals surface area contributed by atoms with Crippen molar-refractivity contribution in [2.45, 2.75) is 132 Å². The van der Waals surface area contributed by atoms with E-state index in [1.807, 2.05) is 84.9 Å². The lowest BCUT2D eigenvalue weighted by molar-refractivity contribution is -0.213. The van der Waals surface area contributed by atoms with Crippen molar-refractivity contribution in [3.8, 4) is 0 Å². The van der Waals surface area contributed by atoms with Gasteiger partial charge in [0.25, 0.3) is 0 Å². The first-order chi connectivity index (χ1) is 30.3. The van der Waals surface area contributed by atoms with E-state index in [2.05, 4.69) is 22.8 Å². The van der Waals surface area contributed by atoms with E-state index in [0.29, 0.717) is 18.1 Å². The first kappa shape index (κ1) is 43.3. The monoisotopic (exact) mass is 863 g/mol. The molecule has 3 aromatic carbocycles. The number of aliphatic hydroxyl groups excluding tert-OH is 1. The zero-order valence-corrected chi connectivity index (χ0v) is 36.0. The lowest BCUT2D eigenvalue weighted by Gasteiger charge is -2.48. The van der Waals surface area contributed by atoms with Crippen molar-refractivity contribution in [2.24, 2.45) is 11.3 Å². The Morgan fingerprint density at radius 1 is 0.905 bits per heavy atom. The zero-order valence-electron chi connectivity index (χ0n) is 36.0. The normalized spacial score (nSPS) is 30.8. The van der Waals surface area contributed by atoms with E-state index >= 15 is 0 Å². The van der Waals surface area contributed by atoms with Gasteiger partial charge in [-0.1, -0.05) is 97.1 Å². The molecule has 2 bridgehead atoms. The van der Waals surface area contributed by atoms with Gasteiger partial charge in [0.15, 0.2) is 6.04 Å². The third-order valence-corrected chi connectivity index (χ3v) is 13.1. The molecule has 0 radical (unpaired) electrons. The standard InChI is InChI=1S/C49H57N3O11/c1-47(2,3)60-40(55)23-21-35(29-53)51-39(54)24-25-50-46(57)48-27-38-41-42(62-49(61-41,33-10-6-4-7-11-33)34-12-8-5-9-13-34)44(48)63-52(43(48)45(56)59-38)28-32-18-15-30(16-19-32)14-17-31-20-22-36-37(26-31)58-36/h4-19,31,35-38,41-44,53H,20-29H2,1-3H3,(H,50,57)(H,51,54)/t31?,35-,36?,37?,38+,41-,42-,43-,44+,48-/m0/s1. The predicted molar refractivity (Wildman–Crippen MR) is 228 cm³/mol. The molecule has 0 aromatic heterocycles. The van der Waals surface area contributed by atoms with Gasteiger partial charge in [-0.2, -0.15) is 5.06 Å². The Bertz CT molecular complexity index is 2140. The Labute approximate surface area is 367 Å². The highest BCUT2D eigenvalue weighted by Gasteiger charge is 2.76. The molecule has 0 spiro atoms. The van der Waals surface area contributed by atoms with Crippen molar-refractivity contribution in [1.29, 1.82) is 0 Å². The van der Waals surface area contributed by atoms with Crippen LogP contribution in [0.4, 0.5) is 0 Å². The highest BCUT2D eigenvalue weighted by Crippen LogP contribution is 2.59. The van der Waals surface area contributed by atoms with E-state index in [0.717, 1.165) is 41.5 Å². The fraction of sp³-hybridized carbons (Fsp3) is 0.510. The van der Waals surface area contributed by atoms with E-state index in [4.69, 9.17) is 28.5 Å². The molecule has 14 nitrogen and oxygen atoms in total. The Morgan fingerprint density at radius 3 is 2.27 bits per heavy atom. The number of nitrogens with zero attached hydrogens (tertiary/aromatic N) is 1. The minimum Gasteiger partial charge on any atom is -0.460 e. The van der Waals surface area contributed by atoms with Crippen LogP contribution in [0, 0.1) is 11.3 Å². The van der Waals surface area contributed by atoms with Crippen LogP contribution >= 0.6 is 0 Å². The van der Waals surface area contributed by atoms with Crippen molar-refractivity contribution in [3.63, 3.8) is 0 Å². The largest absolute Gasteiger partial charge is 0.460 e. The van der Waals surface area contributed by atoms with Crippen molar-refractivity contribution < 1.29 is 52.8 Å². The number of hydroxylamine groups is 2. The molecule has 3 unspecified atom stereocenters. The number of allylic oxidation sites excluding steroid dienone is 1. The van der Waals surface area contributed by atoms with Crippen LogP contribution in [-0.2, 0) is 60.0 Å². The number of fused-ring (bicyclic) bond motifs is 5. The van der Waals surface area contributed by atoms with Crippen LogP contribution in [0.2, 0.25) is 0 Å². The molecule has 6 aliphatic rings. The van der Waals surface area contributed by atoms with Gasteiger partial charge in [-0.3, -0.25) is 24.0 Å². The molecule has 2 saturated carbocycles. The molecule has 4 aliphatic heterocycles. The second-order valence-corrected chi connectivity index (χ2v) is 18.7. The molecule has 4 heterocycles. The van der Waals surface area contributed by atoms with Crippen LogP contribution in [0.5, 0.6) is 0 Å². The number of amides is 2. The molecule has 2 aliphatic carbocycles. The quantitative estimate of drug-likeness (QED) is 0.140. The summed E-state index contributed by atoms with van der Waals surface area (Å²) in [7, 11) is 0. The number of carbonyl (C=O) groups excluding carboxylic acids is 4. The fourth-order valence-electron chi connectivity index (χ4n) is 10.1. The molecular weight excluding hydrogens is 807 g/mol. The Morgan fingerprint density at radius 2 is 1.60 bits per heavy atom. The van der Waals surface area contributed by atoms with Gasteiger partial charge >= 0.3 is 11.9 Å². The molecule has 63 heavy (non-hydrogen) atoms. The van der Waals surface area contributed by atoms with E-state index in [1.54, 1.807) is 25.8 Å². The van der Waals surface area contributed by atoms with E-state index < -0.39 is 77.1 Å². The fourth-order valence-corrected chi connectivity index (χ4v) is 10.1. The molecule has 2 amide bonds. The van der Waals surface area contributed by atoms with Gasteiger partial charge < -0.3 is 39.4 Å². The molecule has 334 valence electrons. The Hall–Kier alpha value is -4.96. The number of aliphatic hydroxyl groups is 1. The number of nitrogens with one attached hydrogen (secondary N) is 2. The lowest BCUT2D eigenvalue weighted by Crippen LogP contribution is -2.69. The van der Waals surface area contributed by atoms with Crippen LogP contribution in [-0.4, -0.2) is 101 Å².